The lowest BCUT2D eigenvalue weighted by molar-refractivity contribution is -0.140. The molecule has 0 bridgehead atoms. The summed E-state index contributed by atoms with van der Waals surface area (Å²) in [7, 11) is -3.54. The standard InChI is InChI=1S/C27H35Cl2N3O4S/c1-19-10-14-24(15-11-19)32(37(3,35)36)16-6-9-26(33)31(18-21-12-13-22(28)17-25(21)29)20(2)27(34)30-23-7-4-5-8-23/h10-15,17,20,23H,4-9,16,18H2,1-3H3,(H,30,34)/t20-/m1/s1. The lowest BCUT2D eigenvalue weighted by Gasteiger charge is -2.30. The Bertz CT molecular complexity index is 1200. The number of carbonyl (C=O) groups is 2. The Balaban J connectivity index is 1.74. The summed E-state index contributed by atoms with van der Waals surface area (Å²) in [4.78, 5) is 28.0. The van der Waals surface area contributed by atoms with Crippen molar-refractivity contribution in [3.63, 3.8) is 0 Å². The van der Waals surface area contributed by atoms with Gasteiger partial charge in [0.1, 0.15) is 6.04 Å². The Labute approximate surface area is 230 Å². The van der Waals surface area contributed by atoms with Crippen LogP contribution in [0.1, 0.15) is 56.6 Å². The van der Waals surface area contributed by atoms with Crippen LogP contribution < -0.4 is 9.62 Å². The van der Waals surface area contributed by atoms with Crippen molar-refractivity contribution in [2.24, 2.45) is 0 Å². The maximum absolute atomic E-state index is 13.4. The molecule has 1 saturated carbocycles. The fourth-order valence-corrected chi connectivity index (χ4v) is 5.96. The van der Waals surface area contributed by atoms with Crippen LogP contribution in [0.4, 0.5) is 5.69 Å². The summed E-state index contributed by atoms with van der Waals surface area (Å²) in [6.07, 6.45) is 5.57. The summed E-state index contributed by atoms with van der Waals surface area (Å²) in [6, 6.07) is 11.7. The van der Waals surface area contributed by atoms with Crippen molar-refractivity contribution in [1.82, 2.24) is 10.2 Å². The number of carbonyl (C=O) groups excluding carboxylic acids is 2. The summed E-state index contributed by atoms with van der Waals surface area (Å²) in [5, 5.41) is 3.96. The number of hydrogen-bond donors (Lipinski definition) is 1. The van der Waals surface area contributed by atoms with E-state index in [2.05, 4.69) is 5.32 Å². The predicted molar refractivity (Wildman–Crippen MR) is 149 cm³/mol. The number of rotatable bonds is 11. The van der Waals surface area contributed by atoms with Crippen LogP contribution in [0.5, 0.6) is 0 Å². The van der Waals surface area contributed by atoms with Crippen LogP contribution in [0.3, 0.4) is 0 Å². The second kappa shape index (κ2) is 13.0. The van der Waals surface area contributed by atoms with Gasteiger partial charge in [0.05, 0.1) is 11.9 Å². The van der Waals surface area contributed by atoms with E-state index < -0.39 is 16.1 Å². The SMILES string of the molecule is Cc1ccc(N(CCCC(=O)N(Cc2ccc(Cl)cc2Cl)[C@H](C)C(=O)NC2CCCC2)S(C)(=O)=O)cc1. The highest BCUT2D eigenvalue weighted by atomic mass is 35.5. The smallest absolute Gasteiger partial charge is 0.242 e. The van der Waals surface area contributed by atoms with Gasteiger partial charge in [-0.2, -0.15) is 0 Å². The van der Waals surface area contributed by atoms with Crippen molar-refractivity contribution in [1.29, 1.82) is 0 Å². The van der Waals surface area contributed by atoms with Gasteiger partial charge in [0.25, 0.3) is 0 Å². The molecule has 0 radical (unpaired) electrons. The Morgan fingerprint density at radius 2 is 1.73 bits per heavy atom. The molecule has 1 fully saturated rings. The van der Waals surface area contributed by atoms with E-state index in [1.54, 1.807) is 37.3 Å². The van der Waals surface area contributed by atoms with Crippen LogP contribution in [0, 0.1) is 6.92 Å². The first kappa shape index (κ1) is 29.3. The van der Waals surface area contributed by atoms with Gasteiger partial charge in [-0.25, -0.2) is 8.42 Å². The molecule has 10 heteroatoms. The first-order valence-corrected chi connectivity index (χ1v) is 15.1. The van der Waals surface area contributed by atoms with E-state index >= 15 is 0 Å². The van der Waals surface area contributed by atoms with Crippen molar-refractivity contribution in [2.75, 3.05) is 17.1 Å². The molecular formula is C27H35Cl2N3O4S. The molecule has 2 amide bonds. The largest absolute Gasteiger partial charge is 0.352 e. The Morgan fingerprint density at radius 1 is 1.08 bits per heavy atom. The van der Waals surface area contributed by atoms with Gasteiger partial charge in [0.2, 0.25) is 21.8 Å². The molecule has 202 valence electrons. The molecule has 3 rings (SSSR count). The number of amides is 2. The minimum absolute atomic E-state index is 0.0736. The molecule has 7 nitrogen and oxygen atoms in total. The number of aryl methyl sites for hydroxylation is 1. The van der Waals surface area contributed by atoms with E-state index in [0.717, 1.165) is 37.5 Å². The van der Waals surface area contributed by atoms with Gasteiger partial charge in [0.15, 0.2) is 0 Å². The summed E-state index contributed by atoms with van der Waals surface area (Å²) in [5.41, 5.74) is 2.25. The maximum atomic E-state index is 13.4. The third-order valence-corrected chi connectivity index (χ3v) is 8.48. The molecule has 0 spiro atoms. The molecule has 1 N–H and O–H groups in total. The zero-order valence-electron chi connectivity index (χ0n) is 21.5. The minimum atomic E-state index is -3.54. The number of nitrogens with one attached hydrogen (secondary N) is 1. The van der Waals surface area contributed by atoms with Crippen molar-refractivity contribution in [3.8, 4) is 0 Å². The maximum Gasteiger partial charge on any atom is 0.242 e. The Kier molecular flexibility index (Phi) is 10.3. The van der Waals surface area contributed by atoms with Crippen LogP contribution in [0.25, 0.3) is 0 Å². The first-order chi connectivity index (χ1) is 17.5. The quantitative estimate of drug-likeness (QED) is 0.398. The third kappa shape index (κ3) is 8.35. The summed E-state index contributed by atoms with van der Waals surface area (Å²) in [5.74, 6) is -0.458. The lowest BCUT2D eigenvalue weighted by atomic mass is 10.1. The molecule has 2 aromatic rings. The van der Waals surface area contributed by atoms with Gasteiger partial charge in [-0.3, -0.25) is 13.9 Å². The van der Waals surface area contributed by atoms with E-state index in [4.69, 9.17) is 23.2 Å². The second-order valence-corrected chi connectivity index (χ2v) is 12.4. The van der Waals surface area contributed by atoms with Gasteiger partial charge in [-0.05, 0) is 62.9 Å². The molecule has 2 aromatic carbocycles. The monoisotopic (exact) mass is 567 g/mol. The molecule has 0 aliphatic heterocycles. The van der Waals surface area contributed by atoms with E-state index in [9.17, 15) is 18.0 Å². The van der Waals surface area contributed by atoms with E-state index in [1.807, 2.05) is 19.1 Å². The fraction of sp³-hybridized carbons (Fsp3) is 0.481. The molecular weight excluding hydrogens is 533 g/mol. The topological polar surface area (TPSA) is 86.8 Å². The van der Waals surface area contributed by atoms with Gasteiger partial charge >= 0.3 is 0 Å². The van der Waals surface area contributed by atoms with E-state index in [-0.39, 0.29) is 37.4 Å². The number of halogens is 2. The van der Waals surface area contributed by atoms with Crippen molar-refractivity contribution < 1.29 is 18.0 Å². The molecule has 1 aliphatic rings. The lowest BCUT2D eigenvalue weighted by Crippen LogP contribution is -2.49. The molecule has 37 heavy (non-hydrogen) atoms. The van der Waals surface area contributed by atoms with Gasteiger partial charge in [-0.15, -0.1) is 0 Å². The van der Waals surface area contributed by atoms with Crippen molar-refractivity contribution in [2.45, 2.75) is 71.0 Å². The van der Waals surface area contributed by atoms with Crippen LogP contribution >= 0.6 is 23.2 Å². The van der Waals surface area contributed by atoms with Crippen LogP contribution in [-0.4, -0.2) is 50.0 Å². The van der Waals surface area contributed by atoms with Crippen LogP contribution in [0.2, 0.25) is 10.0 Å². The summed E-state index contributed by atoms with van der Waals surface area (Å²) < 4.78 is 26.2. The third-order valence-electron chi connectivity index (χ3n) is 6.70. The average molecular weight is 569 g/mol. The second-order valence-electron chi connectivity index (χ2n) is 9.70. The number of hydrogen-bond acceptors (Lipinski definition) is 4. The highest BCUT2D eigenvalue weighted by Gasteiger charge is 2.29. The summed E-state index contributed by atoms with van der Waals surface area (Å²) in [6.45, 7) is 3.92. The van der Waals surface area contributed by atoms with Gasteiger partial charge in [-0.1, -0.05) is 59.8 Å². The zero-order chi connectivity index (χ0) is 27.2. The van der Waals surface area contributed by atoms with Crippen molar-refractivity contribution >= 4 is 50.7 Å². The Morgan fingerprint density at radius 3 is 2.32 bits per heavy atom. The highest BCUT2D eigenvalue weighted by Crippen LogP contribution is 2.25. The van der Waals surface area contributed by atoms with Crippen LogP contribution in [0.15, 0.2) is 42.5 Å². The molecule has 0 saturated heterocycles. The van der Waals surface area contributed by atoms with E-state index in [0.29, 0.717) is 27.7 Å². The average Bonchev–Trinajstić information content (AvgIpc) is 3.34. The normalized spacial score (nSPS) is 14.8. The number of anilines is 1. The number of sulfonamides is 1. The molecule has 0 aromatic heterocycles. The number of benzene rings is 2. The first-order valence-electron chi connectivity index (χ1n) is 12.5. The molecule has 0 heterocycles. The van der Waals surface area contributed by atoms with E-state index in [1.165, 1.54) is 9.21 Å². The summed E-state index contributed by atoms with van der Waals surface area (Å²) >= 11 is 12.4. The fourth-order valence-electron chi connectivity index (χ4n) is 4.52. The predicted octanol–water partition coefficient (Wildman–Crippen LogP) is 5.32. The zero-order valence-corrected chi connectivity index (χ0v) is 23.9. The highest BCUT2D eigenvalue weighted by molar-refractivity contribution is 7.92. The number of nitrogens with zero attached hydrogens (tertiary/aromatic N) is 2. The van der Waals surface area contributed by atoms with Crippen LogP contribution in [-0.2, 0) is 26.2 Å². The Hall–Kier alpha value is -2.29. The van der Waals surface area contributed by atoms with Gasteiger partial charge < -0.3 is 10.2 Å². The molecule has 1 atom stereocenters. The molecule has 0 unspecified atom stereocenters. The van der Waals surface area contributed by atoms with Crippen molar-refractivity contribution in [3.05, 3.63) is 63.6 Å². The molecule has 1 aliphatic carbocycles. The van der Waals surface area contributed by atoms with Gasteiger partial charge in [0, 0.05) is 35.6 Å². The minimum Gasteiger partial charge on any atom is -0.352 e.